The van der Waals surface area contributed by atoms with Crippen molar-refractivity contribution in [1.29, 1.82) is 0 Å². The number of halogens is 1. The van der Waals surface area contributed by atoms with E-state index < -0.39 is 4.92 Å². The van der Waals surface area contributed by atoms with Gasteiger partial charge in [0.15, 0.2) is 0 Å². The topological polar surface area (TPSA) is 98.3 Å². The maximum Gasteiger partial charge on any atom is 0.283 e. The van der Waals surface area contributed by atoms with Gasteiger partial charge in [-0.15, -0.1) is 23.7 Å². The van der Waals surface area contributed by atoms with Gasteiger partial charge in [-0.25, -0.2) is 0 Å². The molecule has 6 nitrogen and oxygen atoms in total. The molecule has 8 heteroatoms. The number of carbonyl (C=O) groups excluding carboxylic acids is 1. The zero-order valence-electron chi connectivity index (χ0n) is 12.5. The Balaban J connectivity index is 0.00000242. The monoisotopic (exact) mass is 347 g/mol. The Kier molecular flexibility index (Phi) is 7.25. The second-order valence-corrected chi connectivity index (χ2v) is 6.78. The van der Waals surface area contributed by atoms with E-state index in [0.717, 1.165) is 24.2 Å². The van der Waals surface area contributed by atoms with Crippen LogP contribution in [0.25, 0.3) is 0 Å². The van der Waals surface area contributed by atoms with E-state index in [9.17, 15) is 14.9 Å². The fourth-order valence-electron chi connectivity index (χ4n) is 2.91. The SMILES string of the molecule is Cc1sc(C(=O)NC(CN)C2CCCCC2)cc1[N+](=O)[O-].Cl. The predicted octanol–water partition coefficient (Wildman–Crippen LogP) is 3.02. The lowest BCUT2D eigenvalue weighted by molar-refractivity contribution is -0.385. The van der Waals surface area contributed by atoms with Crippen LogP contribution in [0, 0.1) is 23.0 Å². The first kappa shape index (κ1) is 18.9. The van der Waals surface area contributed by atoms with Crippen molar-refractivity contribution in [3.8, 4) is 0 Å². The molecule has 1 amide bonds. The van der Waals surface area contributed by atoms with E-state index in [0.29, 0.717) is 22.2 Å². The van der Waals surface area contributed by atoms with Crippen LogP contribution in [0.15, 0.2) is 6.07 Å². The van der Waals surface area contributed by atoms with Gasteiger partial charge in [-0.3, -0.25) is 14.9 Å². The number of nitrogens with one attached hydrogen (secondary N) is 1. The van der Waals surface area contributed by atoms with Gasteiger partial charge in [-0.2, -0.15) is 0 Å². The molecule has 3 N–H and O–H groups in total. The molecular weight excluding hydrogens is 326 g/mol. The summed E-state index contributed by atoms with van der Waals surface area (Å²) in [6.07, 6.45) is 5.79. The standard InChI is InChI=1S/C14H21N3O3S.ClH/c1-9-12(17(19)20)7-13(21-9)14(18)16-11(8-15)10-5-3-2-4-6-10;/h7,10-11H,2-6,8,15H2,1H3,(H,16,18);1H. The lowest BCUT2D eigenvalue weighted by Gasteiger charge is -2.29. The van der Waals surface area contributed by atoms with Crippen LogP contribution in [0.1, 0.15) is 46.7 Å². The minimum absolute atomic E-state index is 0. The number of aryl methyl sites for hydroxylation is 1. The molecular formula is C14H22ClN3O3S. The summed E-state index contributed by atoms with van der Waals surface area (Å²) >= 11 is 1.16. The van der Waals surface area contributed by atoms with Crippen LogP contribution in [-0.2, 0) is 0 Å². The average molecular weight is 348 g/mol. The first-order chi connectivity index (χ1) is 10.0. The summed E-state index contributed by atoms with van der Waals surface area (Å²) in [5.74, 6) is 0.168. The van der Waals surface area contributed by atoms with E-state index >= 15 is 0 Å². The molecule has 1 saturated carbocycles. The first-order valence-corrected chi connectivity index (χ1v) is 8.10. The summed E-state index contributed by atoms with van der Waals surface area (Å²) < 4.78 is 0. The van der Waals surface area contributed by atoms with Gasteiger partial charge < -0.3 is 11.1 Å². The van der Waals surface area contributed by atoms with Gasteiger partial charge in [0.2, 0.25) is 0 Å². The van der Waals surface area contributed by atoms with Crippen molar-refractivity contribution in [2.75, 3.05) is 6.54 Å². The third kappa shape index (κ3) is 4.41. The van der Waals surface area contributed by atoms with Gasteiger partial charge in [0.05, 0.1) is 14.7 Å². The summed E-state index contributed by atoms with van der Waals surface area (Å²) in [7, 11) is 0. The molecule has 1 aliphatic carbocycles. The normalized spacial score (nSPS) is 16.6. The van der Waals surface area contributed by atoms with Crippen LogP contribution in [0.5, 0.6) is 0 Å². The highest BCUT2D eigenvalue weighted by Gasteiger charge is 2.26. The molecule has 0 aromatic carbocycles. The fourth-order valence-corrected chi connectivity index (χ4v) is 3.80. The lowest BCUT2D eigenvalue weighted by atomic mass is 9.84. The summed E-state index contributed by atoms with van der Waals surface area (Å²) in [6.45, 7) is 2.06. The van der Waals surface area contributed by atoms with Crippen molar-refractivity contribution in [2.24, 2.45) is 11.7 Å². The maximum absolute atomic E-state index is 12.3. The van der Waals surface area contributed by atoms with Gasteiger partial charge in [0.25, 0.3) is 11.6 Å². The minimum Gasteiger partial charge on any atom is -0.347 e. The quantitative estimate of drug-likeness (QED) is 0.631. The molecule has 1 unspecified atom stereocenters. The number of amides is 1. The van der Waals surface area contributed by atoms with E-state index in [1.54, 1.807) is 6.92 Å². The molecule has 0 bridgehead atoms. The van der Waals surface area contributed by atoms with Crippen LogP contribution in [0.2, 0.25) is 0 Å². The number of hydrogen-bond donors (Lipinski definition) is 2. The number of carbonyl (C=O) groups is 1. The molecule has 1 aliphatic rings. The van der Waals surface area contributed by atoms with E-state index in [2.05, 4.69) is 5.32 Å². The van der Waals surface area contributed by atoms with Crippen molar-refractivity contribution in [3.05, 3.63) is 25.9 Å². The molecule has 1 heterocycles. The summed E-state index contributed by atoms with van der Waals surface area (Å²) in [6, 6.07) is 1.31. The molecule has 0 radical (unpaired) electrons. The third-order valence-corrected chi connectivity index (χ3v) is 5.14. The van der Waals surface area contributed by atoms with Crippen LogP contribution < -0.4 is 11.1 Å². The fraction of sp³-hybridized carbons (Fsp3) is 0.643. The maximum atomic E-state index is 12.3. The number of hydrogen-bond acceptors (Lipinski definition) is 5. The Labute approximate surface area is 140 Å². The highest BCUT2D eigenvalue weighted by atomic mass is 35.5. The average Bonchev–Trinajstić information content (AvgIpc) is 2.87. The molecule has 22 heavy (non-hydrogen) atoms. The van der Waals surface area contributed by atoms with Crippen molar-refractivity contribution < 1.29 is 9.72 Å². The number of rotatable bonds is 5. The Bertz CT molecular complexity index is 529. The third-order valence-electron chi connectivity index (χ3n) is 4.10. The summed E-state index contributed by atoms with van der Waals surface area (Å²) in [4.78, 5) is 23.6. The minimum atomic E-state index is -0.454. The molecule has 0 aliphatic heterocycles. The van der Waals surface area contributed by atoms with Gasteiger partial charge in [-0.05, 0) is 25.7 Å². The largest absolute Gasteiger partial charge is 0.347 e. The van der Waals surface area contributed by atoms with E-state index in [1.165, 1.54) is 25.3 Å². The second-order valence-electron chi connectivity index (χ2n) is 5.52. The van der Waals surface area contributed by atoms with Crippen molar-refractivity contribution in [3.63, 3.8) is 0 Å². The van der Waals surface area contributed by atoms with E-state index in [4.69, 9.17) is 5.73 Å². The van der Waals surface area contributed by atoms with Gasteiger partial charge >= 0.3 is 0 Å². The van der Waals surface area contributed by atoms with Gasteiger partial charge in [-0.1, -0.05) is 19.3 Å². The van der Waals surface area contributed by atoms with Crippen LogP contribution in [0.3, 0.4) is 0 Å². The van der Waals surface area contributed by atoms with Crippen molar-refractivity contribution in [1.82, 2.24) is 5.32 Å². The van der Waals surface area contributed by atoms with Crippen LogP contribution in [0.4, 0.5) is 5.69 Å². The number of nitro groups is 1. The number of thiophene rings is 1. The lowest BCUT2D eigenvalue weighted by Crippen LogP contribution is -2.45. The number of nitrogens with two attached hydrogens (primary N) is 1. The number of nitrogens with zero attached hydrogens (tertiary/aromatic N) is 1. The Morgan fingerprint density at radius 2 is 2.14 bits per heavy atom. The summed E-state index contributed by atoms with van der Waals surface area (Å²) in [5, 5.41) is 13.8. The van der Waals surface area contributed by atoms with Crippen molar-refractivity contribution >= 4 is 35.3 Å². The first-order valence-electron chi connectivity index (χ1n) is 7.28. The summed E-state index contributed by atoms with van der Waals surface area (Å²) in [5.41, 5.74) is 5.80. The van der Waals surface area contributed by atoms with Crippen LogP contribution in [-0.4, -0.2) is 23.4 Å². The zero-order valence-corrected chi connectivity index (χ0v) is 14.2. The molecule has 1 fully saturated rings. The molecule has 0 spiro atoms. The Morgan fingerprint density at radius 1 is 1.50 bits per heavy atom. The molecule has 1 aromatic heterocycles. The van der Waals surface area contributed by atoms with Gasteiger partial charge in [0, 0.05) is 18.7 Å². The Hall–Kier alpha value is -1.18. The predicted molar refractivity (Wildman–Crippen MR) is 89.8 cm³/mol. The van der Waals surface area contributed by atoms with E-state index in [1.807, 2.05) is 0 Å². The zero-order chi connectivity index (χ0) is 15.4. The molecule has 1 atom stereocenters. The van der Waals surface area contributed by atoms with Gasteiger partial charge in [0.1, 0.15) is 0 Å². The Morgan fingerprint density at radius 3 is 2.64 bits per heavy atom. The molecule has 0 saturated heterocycles. The van der Waals surface area contributed by atoms with Crippen molar-refractivity contribution in [2.45, 2.75) is 45.1 Å². The molecule has 2 rings (SSSR count). The second kappa shape index (κ2) is 8.45. The van der Waals surface area contributed by atoms with Crippen LogP contribution >= 0.6 is 23.7 Å². The molecule has 124 valence electrons. The smallest absolute Gasteiger partial charge is 0.283 e. The molecule has 1 aromatic rings. The highest BCUT2D eigenvalue weighted by molar-refractivity contribution is 7.14. The highest BCUT2D eigenvalue weighted by Crippen LogP contribution is 2.29. The van der Waals surface area contributed by atoms with E-state index in [-0.39, 0.29) is 30.0 Å².